The molecule has 0 aliphatic heterocycles. The van der Waals surface area contributed by atoms with Crippen LogP contribution in [0, 0.1) is 0 Å². The number of carbonyl (C=O) groups excluding carboxylic acids is 1. The fourth-order valence-electron chi connectivity index (χ4n) is 4.87. The molecule has 6 aromatic rings. The van der Waals surface area contributed by atoms with E-state index in [-0.39, 0.29) is 0 Å². The molecule has 0 aliphatic rings. The number of nitrogens with two attached hydrogens (primary N) is 1. The molecular formula is C31H24ClN3O2S. The first-order valence-corrected chi connectivity index (χ1v) is 13.4. The summed E-state index contributed by atoms with van der Waals surface area (Å²) in [4.78, 5) is 16.6. The van der Waals surface area contributed by atoms with Crippen molar-refractivity contribution in [2.45, 2.75) is 22.9 Å². The first-order chi connectivity index (χ1) is 18.6. The van der Waals surface area contributed by atoms with Gasteiger partial charge in [0, 0.05) is 39.7 Å². The lowest BCUT2D eigenvalue weighted by atomic mass is 9.96. The normalized spacial score (nSPS) is 11.4. The highest BCUT2D eigenvalue weighted by atomic mass is 35.5. The molecule has 0 radical (unpaired) electrons. The molecule has 1 heterocycles. The highest BCUT2D eigenvalue weighted by Gasteiger charge is 2.17. The van der Waals surface area contributed by atoms with Crippen LogP contribution in [0.5, 0.6) is 5.88 Å². The Morgan fingerprint density at radius 2 is 1.45 bits per heavy atom. The maximum absolute atomic E-state index is 11.6. The number of benzene rings is 5. The van der Waals surface area contributed by atoms with Crippen LogP contribution in [0.4, 0.5) is 4.79 Å². The third-order valence-corrected chi connectivity index (χ3v) is 8.08. The maximum atomic E-state index is 11.6. The van der Waals surface area contributed by atoms with Gasteiger partial charge in [0.1, 0.15) is 0 Å². The number of hydrogen-bond acceptors (Lipinski definition) is 4. The van der Waals surface area contributed by atoms with E-state index in [2.05, 4.69) is 52.8 Å². The molecule has 0 fully saturated rings. The first kappa shape index (κ1) is 24.4. The van der Waals surface area contributed by atoms with E-state index in [9.17, 15) is 4.79 Å². The summed E-state index contributed by atoms with van der Waals surface area (Å²) in [6.07, 6.45) is -0.851. The summed E-state index contributed by atoms with van der Waals surface area (Å²) in [5, 5.41) is 9.79. The summed E-state index contributed by atoms with van der Waals surface area (Å²) in [5.41, 5.74) is 8.54. The molecule has 0 saturated carbocycles. The first-order valence-electron chi connectivity index (χ1n) is 12.2. The summed E-state index contributed by atoms with van der Waals surface area (Å²) in [5.74, 6) is 0.352. The molecular weight excluding hydrogens is 514 g/mol. The standard InChI is InChI=1S/C31H24ClN3O2S/c32-28-23-12-6-4-10-21(23)26(22-11-5-7-13-24(22)28)18-34-17-19-14-15-25-27(16-19)35-30(37-31(33)36)29(25)38-20-8-2-1-3-9-20/h1-16,34-35H,17-18H2,(H2,33,36). The minimum atomic E-state index is -0.851. The van der Waals surface area contributed by atoms with Crippen molar-refractivity contribution < 1.29 is 9.53 Å². The summed E-state index contributed by atoms with van der Waals surface area (Å²) in [6, 6.07) is 32.7. The van der Waals surface area contributed by atoms with E-state index in [1.807, 2.05) is 54.6 Å². The van der Waals surface area contributed by atoms with Gasteiger partial charge < -0.3 is 20.8 Å². The van der Waals surface area contributed by atoms with Crippen molar-refractivity contribution in [3.05, 3.63) is 113 Å². The Balaban J connectivity index is 1.29. The van der Waals surface area contributed by atoms with Gasteiger partial charge in [-0.1, -0.05) is 102 Å². The second kappa shape index (κ2) is 10.4. The number of amides is 1. The maximum Gasteiger partial charge on any atom is 0.411 e. The average molecular weight is 538 g/mol. The van der Waals surface area contributed by atoms with E-state index in [0.29, 0.717) is 19.0 Å². The Morgan fingerprint density at radius 1 is 0.816 bits per heavy atom. The van der Waals surface area contributed by atoms with Gasteiger partial charge >= 0.3 is 6.09 Å². The topological polar surface area (TPSA) is 80.1 Å². The fraction of sp³-hybridized carbons (Fsp3) is 0.0645. The van der Waals surface area contributed by atoms with Crippen molar-refractivity contribution in [1.82, 2.24) is 10.3 Å². The molecule has 1 aromatic heterocycles. The molecule has 5 aromatic carbocycles. The van der Waals surface area contributed by atoms with Crippen LogP contribution in [0.1, 0.15) is 11.1 Å². The Labute approximate surface area is 228 Å². The van der Waals surface area contributed by atoms with Crippen molar-refractivity contribution in [2.75, 3.05) is 0 Å². The van der Waals surface area contributed by atoms with Gasteiger partial charge in [0.2, 0.25) is 5.88 Å². The number of H-pyrrole nitrogens is 1. The van der Waals surface area contributed by atoms with Crippen LogP contribution in [0.25, 0.3) is 32.4 Å². The predicted octanol–water partition coefficient (Wildman–Crippen LogP) is 8.03. The molecule has 6 rings (SSSR count). The van der Waals surface area contributed by atoms with Crippen LogP contribution in [-0.4, -0.2) is 11.1 Å². The van der Waals surface area contributed by atoms with Gasteiger partial charge in [0.05, 0.1) is 9.92 Å². The molecule has 4 N–H and O–H groups in total. The lowest BCUT2D eigenvalue weighted by Gasteiger charge is -2.14. The Kier molecular flexibility index (Phi) is 6.68. The number of rotatable bonds is 7. The van der Waals surface area contributed by atoms with Gasteiger partial charge in [0.25, 0.3) is 0 Å². The lowest BCUT2D eigenvalue weighted by Crippen LogP contribution is -2.16. The smallest absolute Gasteiger partial charge is 0.392 e. The number of nitrogens with one attached hydrogen (secondary N) is 2. The van der Waals surface area contributed by atoms with E-state index < -0.39 is 6.09 Å². The number of fused-ring (bicyclic) bond motifs is 3. The largest absolute Gasteiger partial charge is 0.411 e. The van der Waals surface area contributed by atoms with E-state index in [0.717, 1.165) is 52.8 Å². The number of primary amides is 1. The molecule has 5 nitrogen and oxygen atoms in total. The van der Waals surface area contributed by atoms with Crippen LogP contribution in [0.2, 0.25) is 5.02 Å². The molecule has 0 spiro atoms. The van der Waals surface area contributed by atoms with E-state index >= 15 is 0 Å². The second-order valence-electron chi connectivity index (χ2n) is 8.99. The molecule has 38 heavy (non-hydrogen) atoms. The molecule has 7 heteroatoms. The van der Waals surface area contributed by atoms with Crippen LogP contribution in [-0.2, 0) is 13.1 Å². The van der Waals surface area contributed by atoms with E-state index in [4.69, 9.17) is 22.1 Å². The monoisotopic (exact) mass is 537 g/mol. The predicted molar refractivity (Wildman–Crippen MR) is 156 cm³/mol. The molecule has 0 atom stereocenters. The zero-order valence-electron chi connectivity index (χ0n) is 20.3. The van der Waals surface area contributed by atoms with Crippen molar-refractivity contribution >= 4 is 61.9 Å². The van der Waals surface area contributed by atoms with Crippen molar-refractivity contribution in [2.24, 2.45) is 5.73 Å². The van der Waals surface area contributed by atoms with E-state index in [1.54, 1.807) is 0 Å². The Bertz CT molecular complexity index is 1740. The molecule has 0 unspecified atom stereocenters. The van der Waals surface area contributed by atoms with Gasteiger partial charge in [-0.3, -0.25) is 0 Å². The minimum Gasteiger partial charge on any atom is -0.392 e. The number of ether oxygens (including phenoxy) is 1. The molecule has 0 aliphatic carbocycles. The number of aromatic amines is 1. The lowest BCUT2D eigenvalue weighted by molar-refractivity contribution is 0.208. The van der Waals surface area contributed by atoms with Gasteiger partial charge in [-0.15, -0.1) is 0 Å². The molecule has 1 amide bonds. The average Bonchev–Trinajstić information content (AvgIpc) is 3.26. The third kappa shape index (κ3) is 4.70. The highest BCUT2D eigenvalue weighted by molar-refractivity contribution is 7.99. The Morgan fingerprint density at radius 3 is 2.11 bits per heavy atom. The minimum absolute atomic E-state index is 0.352. The quantitative estimate of drug-likeness (QED) is 0.180. The summed E-state index contributed by atoms with van der Waals surface area (Å²) >= 11 is 8.29. The SMILES string of the molecule is NC(=O)Oc1[nH]c2cc(CNCc3c4ccccc4c(Cl)c4ccccc34)ccc2c1Sc1ccccc1. The summed E-state index contributed by atoms with van der Waals surface area (Å²) in [7, 11) is 0. The van der Waals surface area contributed by atoms with Crippen LogP contribution in [0.15, 0.2) is 107 Å². The zero-order valence-corrected chi connectivity index (χ0v) is 21.9. The molecule has 188 valence electrons. The van der Waals surface area contributed by atoms with Crippen LogP contribution in [0.3, 0.4) is 0 Å². The number of hydrogen-bond donors (Lipinski definition) is 3. The van der Waals surface area contributed by atoms with Crippen molar-refractivity contribution in [3.63, 3.8) is 0 Å². The fourth-order valence-corrected chi connectivity index (χ4v) is 6.20. The van der Waals surface area contributed by atoms with Crippen molar-refractivity contribution in [3.8, 4) is 5.88 Å². The summed E-state index contributed by atoms with van der Waals surface area (Å²) in [6.45, 7) is 1.35. The molecule has 0 bridgehead atoms. The van der Waals surface area contributed by atoms with Crippen molar-refractivity contribution in [1.29, 1.82) is 0 Å². The number of aromatic nitrogens is 1. The van der Waals surface area contributed by atoms with Gasteiger partial charge in [-0.25, -0.2) is 4.79 Å². The van der Waals surface area contributed by atoms with Crippen LogP contribution < -0.4 is 15.8 Å². The zero-order chi connectivity index (χ0) is 26.1. The van der Waals surface area contributed by atoms with E-state index in [1.165, 1.54) is 17.3 Å². The van der Waals surface area contributed by atoms with Gasteiger partial charge in [0.15, 0.2) is 0 Å². The highest BCUT2D eigenvalue weighted by Crippen LogP contribution is 2.41. The van der Waals surface area contributed by atoms with Gasteiger partial charge in [-0.2, -0.15) is 0 Å². The Hall–Kier alpha value is -3.97. The molecule has 0 saturated heterocycles. The number of carbonyl (C=O) groups is 1. The number of halogens is 1. The third-order valence-electron chi connectivity index (χ3n) is 6.56. The summed E-state index contributed by atoms with van der Waals surface area (Å²) < 4.78 is 5.31. The van der Waals surface area contributed by atoms with Crippen LogP contribution >= 0.6 is 23.4 Å². The van der Waals surface area contributed by atoms with Gasteiger partial charge in [-0.05, 0) is 40.1 Å². The second-order valence-corrected chi connectivity index (χ2v) is 10.4.